The van der Waals surface area contributed by atoms with Crippen LogP contribution >= 0.6 is 0 Å². The van der Waals surface area contributed by atoms with Crippen molar-refractivity contribution < 1.29 is 4.79 Å². The summed E-state index contributed by atoms with van der Waals surface area (Å²) in [4.78, 5) is 14.7. The number of rotatable bonds is 6. The van der Waals surface area contributed by atoms with E-state index in [1.807, 2.05) is 70.3 Å². The first-order chi connectivity index (χ1) is 12.5. The number of amides is 1. The molecule has 0 atom stereocenters. The number of nitrogens with zero attached hydrogens (tertiary/aromatic N) is 4. The van der Waals surface area contributed by atoms with Crippen LogP contribution in [0.2, 0.25) is 0 Å². The van der Waals surface area contributed by atoms with Crippen LogP contribution in [0.4, 0.5) is 0 Å². The van der Waals surface area contributed by atoms with E-state index in [1.165, 1.54) is 0 Å². The quantitative estimate of drug-likeness (QED) is 0.732. The first-order valence-corrected chi connectivity index (χ1v) is 8.91. The third kappa shape index (κ3) is 3.85. The maximum absolute atomic E-state index is 12.9. The van der Waals surface area contributed by atoms with Crippen LogP contribution in [-0.4, -0.2) is 36.8 Å². The molecule has 1 amide bonds. The molecule has 0 unspecified atom stereocenters. The van der Waals surface area contributed by atoms with Gasteiger partial charge < -0.3 is 4.90 Å². The highest BCUT2D eigenvalue weighted by molar-refractivity contribution is 5.92. The third-order valence-corrected chi connectivity index (χ3v) is 4.28. The molecule has 0 radical (unpaired) electrons. The van der Waals surface area contributed by atoms with Gasteiger partial charge in [-0.05, 0) is 39.8 Å². The van der Waals surface area contributed by atoms with E-state index in [-0.39, 0.29) is 18.0 Å². The van der Waals surface area contributed by atoms with Crippen molar-refractivity contribution in [3.8, 4) is 11.3 Å². The lowest BCUT2D eigenvalue weighted by molar-refractivity contribution is 0.0680. The zero-order chi connectivity index (χ0) is 18.7. The Morgan fingerprint density at radius 2 is 1.88 bits per heavy atom. The van der Waals surface area contributed by atoms with Gasteiger partial charge in [0.15, 0.2) is 0 Å². The molecule has 0 saturated heterocycles. The predicted molar refractivity (Wildman–Crippen MR) is 102 cm³/mol. The highest BCUT2D eigenvalue weighted by Gasteiger charge is 2.22. The molecule has 2 aromatic heterocycles. The summed E-state index contributed by atoms with van der Waals surface area (Å²) in [5, 5.41) is 11.8. The van der Waals surface area contributed by atoms with Crippen LogP contribution in [-0.2, 0) is 6.54 Å². The van der Waals surface area contributed by atoms with Gasteiger partial charge in [0.2, 0.25) is 0 Å². The summed E-state index contributed by atoms with van der Waals surface area (Å²) in [6, 6.07) is 14.0. The number of hydrogen-bond acceptors (Lipinski definition) is 3. The fourth-order valence-corrected chi connectivity index (χ4v) is 2.76. The van der Waals surface area contributed by atoms with Crippen LogP contribution in [0.15, 0.2) is 48.7 Å². The zero-order valence-electron chi connectivity index (χ0n) is 15.7. The average molecular weight is 351 g/mol. The van der Waals surface area contributed by atoms with Gasteiger partial charge in [0.25, 0.3) is 5.91 Å². The lowest BCUT2D eigenvalue weighted by Gasteiger charge is -2.25. The van der Waals surface area contributed by atoms with Crippen molar-refractivity contribution in [3.05, 3.63) is 60.0 Å². The number of aromatic nitrogens is 4. The second-order valence-electron chi connectivity index (χ2n) is 6.95. The molecule has 6 nitrogen and oxygen atoms in total. The average Bonchev–Trinajstić information content (AvgIpc) is 3.29. The summed E-state index contributed by atoms with van der Waals surface area (Å²) < 4.78 is 1.80. The lowest BCUT2D eigenvalue weighted by atomic mass is 10.1. The number of H-pyrrole nitrogens is 1. The minimum absolute atomic E-state index is 0.0511. The fraction of sp³-hybridized carbons (Fsp3) is 0.350. The van der Waals surface area contributed by atoms with E-state index < -0.39 is 0 Å². The number of hydrogen-bond donors (Lipinski definition) is 1. The summed E-state index contributed by atoms with van der Waals surface area (Å²) in [5.41, 5.74) is 3.29. The molecule has 0 bridgehead atoms. The molecular formula is C20H25N5O. The maximum Gasteiger partial charge on any atom is 0.274 e. The Labute approximate surface area is 153 Å². The Hall–Kier alpha value is -2.89. The van der Waals surface area contributed by atoms with E-state index in [9.17, 15) is 4.79 Å². The van der Waals surface area contributed by atoms with Crippen LogP contribution in [0, 0.1) is 0 Å². The van der Waals surface area contributed by atoms with Crippen molar-refractivity contribution in [3.63, 3.8) is 0 Å². The lowest BCUT2D eigenvalue weighted by Crippen LogP contribution is -2.36. The number of carbonyl (C=O) groups excluding carboxylic acids is 1. The van der Waals surface area contributed by atoms with Crippen LogP contribution < -0.4 is 0 Å². The molecular weight excluding hydrogens is 326 g/mol. The van der Waals surface area contributed by atoms with Crippen LogP contribution in [0.3, 0.4) is 0 Å². The first kappa shape index (κ1) is 17.9. The van der Waals surface area contributed by atoms with E-state index in [0.717, 1.165) is 17.0 Å². The van der Waals surface area contributed by atoms with Crippen molar-refractivity contribution in [2.24, 2.45) is 0 Å². The van der Waals surface area contributed by atoms with Gasteiger partial charge in [0.1, 0.15) is 5.69 Å². The van der Waals surface area contributed by atoms with E-state index >= 15 is 0 Å². The van der Waals surface area contributed by atoms with Crippen molar-refractivity contribution in [1.29, 1.82) is 0 Å². The summed E-state index contributed by atoms with van der Waals surface area (Å²) in [5.74, 6) is -0.0738. The van der Waals surface area contributed by atoms with Gasteiger partial charge in [-0.1, -0.05) is 30.3 Å². The van der Waals surface area contributed by atoms with E-state index in [0.29, 0.717) is 12.2 Å². The van der Waals surface area contributed by atoms with Gasteiger partial charge in [-0.3, -0.25) is 14.6 Å². The third-order valence-electron chi connectivity index (χ3n) is 4.28. The van der Waals surface area contributed by atoms with Crippen LogP contribution in [0.25, 0.3) is 11.3 Å². The van der Waals surface area contributed by atoms with Gasteiger partial charge in [-0.15, -0.1) is 0 Å². The summed E-state index contributed by atoms with van der Waals surface area (Å²) in [6.07, 6.45) is 1.85. The first-order valence-electron chi connectivity index (χ1n) is 8.91. The highest BCUT2D eigenvalue weighted by atomic mass is 16.2. The number of aromatic amines is 1. The molecule has 1 aromatic carbocycles. The molecule has 6 heteroatoms. The number of carbonyl (C=O) groups is 1. The predicted octanol–water partition coefficient (Wildman–Crippen LogP) is 3.90. The van der Waals surface area contributed by atoms with Crippen molar-refractivity contribution >= 4 is 5.91 Å². The second kappa shape index (κ2) is 7.56. The van der Waals surface area contributed by atoms with Crippen molar-refractivity contribution in [1.82, 2.24) is 24.9 Å². The normalized spacial score (nSPS) is 11.3. The molecule has 0 aliphatic carbocycles. The van der Waals surface area contributed by atoms with Gasteiger partial charge in [0.05, 0.1) is 17.9 Å². The molecule has 136 valence electrons. The summed E-state index contributed by atoms with van der Waals surface area (Å²) in [7, 11) is 0. The molecule has 0 aliphatic heterocycles. The second-order valence-corrected chi connectivity index (χ2v) is 6.95. The number of benzene rings is 1. The van der Waals surface area contributed by atoms with Crippen LogP contribution in [0.5, 0.6) is 0 Å². The molecule has 1 N–H and O–H groups in total. The van der Waals surface area contributed by atoms with E-state index in [2.05, 4.69) is 15.3 Å². The fourth-order valence-electron chi connectivity index (χ4n) is 2.76. The molecule has 0 fully saturated rings. The molecule has 0 aliphatic rings. The largest absolute Gasteiger partial charge is 0.329 e. The highest BCUT2D eigenvalue weighted by Crippen LogP contribution is 2.19. The minimum Gasteiger partial charge on any atom is -0.329 e. The standard InChI is InChI=1S/C20H25N5O/c1-14(2)24(20(26)18-10-11-25(23-18)15(3)4)13-17-12-19(22-21-17)16-8-6-5-7-9-16/h5-12,14-15H,13H2,1-4H3,(H,21,22). The Bertz CT molecular complexity index is 863. The molecule has 0 saturated carbocycles. The maximum atomic E-state index is 12.9. The van der Waals surface area contributed by atoms with Crippen molar-refractivity contribution in [2.75, 3.05) is 0 Å². The van der Waals surface area contributed by atoms with Gasteiger partial charge in [-0.2, -0.15) is 10.2 Å². The Balaban J connectivity index is 1.78. The van der Waals surface area contributed by atoms with Gasteiger partial charge in [0, 0.05) is 23.8 Å². The molecule has 3 rings (SSSR count). The summed E-state index contributed by atoms with van der Waals surface area (Å²) in [6.45, 7) is 8.55. The molecule has 3 aromatic rings. The molecule has 2 heterocycles. The SMILES string of the molecule is CC(C)N(Cc1cc(-c2ccccc2)n[nH]1)C(=O)c1ccn(C(C)C)n1. The van der Waals surface area contributed by atoms with E-state index in [4.69, 9.17) is 0 Å². The van der Waals surface area contributed by atoms with E-state index in [1.54, 1.807) is 15.6 Å². The van der Waals surface area contributed by atoms with Crippen molar-refractivity contribution in [2.45, 2.75) is 46.3 Å². The Morgan fingerprint density at radius 1 is 1.15 bits per heavy atom. The van der Waals surface area contributed by atoms with Gasteiger partial charge in [-0.25, -0.2) is 0 Å². The Kier molecular flexibility index (Phi) is 5.21. The molecule has 0 spiro atoms. The van der Waals surface area contributed by atoms with Gasteiger partial charge >= 0.3 is 0 Å². The topological polar surface area (TPSA) is 66.8 Å². The zero-order valence-corrected chi connectivity index (χ0v) is 15.7. The minimum atomic E-state index is -0.0738. The Morgan fingerprint density at radius 3 is 2.50 bits per heavy atom. The summed E-state index contributed by atoms with van der Waals surface area (Å²) >= 11 is 0. The number of nitrogens with one attached hydrogen (secondary N) is 1. The smallest absolute Gasteiger partial charge is 0.274 e. The van der Waals surface area contributed by atoms with Crippen LogP contribution in [0.1, 0.15) is 49.9 Å². The molecule has 26 heavy (non-hydrogen) atoms. The monoisotopic (exact) mass is 351 g/mol.